The highest BCUT2D eigenvalue weighted by molar-refractivity contribution is 7.80. The van der Waals surface area contributed by atoms with Crippen LogP contribution in [0.15, 0.2) is 60.3 Å². The maximum Gasteiger partial charge on any atom is 0.274 e. The lowest BCUT2D eigenvalue weighted by molar-refractivity contribution is -0.115. The van der Waals surface area contributed by atoms with Crippen molar-refractivity contribution in [2.45, 2.75) is 32.1 Å². The van der Waals surface area contributed by atoms with E-state index in [1.807, 2.05) is 65.6 Å². The molecular formula is C23H24N2O2S. The molecule has 2 aliphatic rings. The Morgan fingerprint density at radius 3 is 2.57 bits per heavy atom. The Bertz CT molecular complexity index is 888. The van der Waals surface area contributed by atoms with Gasteiger partial charge >= 0.3 is 0 Å². The van der Waals surface area contributed by atoms with Gasteiger partial charge in [0.2, 0.25) is 0 Å². The molecule has 2 aromatic rings. The maximum absolute atomic E-state index is 12.5. The van der Waals surface area contributed by atoms with Gasteiger partial charge in [-0.3, -0.25) is 10.1 Å². The van der Waals surface area contributed by atoms with Crippen molar-refractivity contribution in [1.82, 2.24) is 10.2 Å². The minimum atomic E-state index is -0.129. The SMILES string of the molecule is O=C1NC(=S)N(CC2CCCCC2)/C1=C/c1cccc(Oc2ccccc2)c1. The van der Waals surface area contributed by atoms with E-state index in [1.165, 1.54) is 32.1 Å². The zero-order chi connectivity index (χ0) is 19.3. The summed E-state index contributed by atoms with van der Waals surface area (Å²) in [5, 5.41) is 3.31. The molecule has 1 saturated heterocycles. The first kappa shape index (κ1) is 18.7. The van der Waals surface area contributed by atoms with Gasteiger partial charge < -0.3 is 9.64 Å². The average molecular weight is 393 g/mol. The monoisotopic (exact) mass is 392 g/mol. The molecule has 1 heterocycles. The molecule has 0 bridgehead atoms. The molecule has 2 fully saturated rings. The number of ether oxygens (including phenoxy) is 1. The van der Waals surface area contributed by atoms with Crippen LogP contribution in [0.1, 0.15) is 37.7 Å². The summed E-state index contributed by atoms with van der Waals surface area (Å²) in [6.45, 7) is 0.809. The molecule has 1 aliphatic heterocycles. The Morgan fingerprint density at radius 1 is 1.04 bits per heavy atom. The Hall–Kier alpha value is -2.66. The van der Waals surface area contributed by atoms with Crippen molar-refractivity contribution in [2.24, 2.45) is 5.92 Å². The number of rotatable bonds is 5. The normalized spacial score (nSPS) is 19.1. The van der Waals surface area contributed by atoms with Crippen LogP contribution in [0.4, 0.5) is 0 Å². The van der Waals surface area contributed by atoms with Crippen molar-refractivity contribution in [2.75, 3.05) is 6.54 Å². The van der Waals surface area contributed by atoms with E-state index in [4.69, 9.17) is 17.0 Å². The summed E-state index contributed by atoms with van der Waals surface area (Å²) < 4.78 is 5.91. The van der Waals surface area contributed by atoms with Gasteiger partial charge in [0.05, 0.1) is 0 Å². The number of carbonyl (C=O) groups is 1. The largest absolute Gasteiger partial charge is 0.457 e. The van der Waals surface area contributed by atoms with Gasteiger partial charge in [0.25, 0.3) is 5.91 Å². The summed E-state index contributed by atoms with van der Waals surface area (Å²) >= 11 is 5.42. The second-order valence-corrected chi connectivity index (χ2v) is 7.78. The molecule has 2 aromatic carbocycles. The van der Waals surface area contributed by atoms with Crippen LogP contribution in [0, 0.1) is 5.92 Å². The lowest BCUT2D eigenvalue weighted by Crippen LogP contribution is -2.32. The van der Waals surface area contributed by atoms with Crippen molar-refractivity contribution >= 4 is 29.3 Å². The standard InChI is InChI=1S/C23H24N2O2S/c26-22-21(25(23(28)24-22)16-17-8-3-1-4-9-17)15-18-10-7-13-20(14-18)27-19-11-5-2-6-12-19/h2,5-7,10-15,17H,1,3-4,8-9,16H2,(H,24,26,28)/b21-15+. The molecule has 0 spiro atoms. The van der Waals surface area contributed by atoms with Gasteiger partial charge in [-0.1, -0.05) is 49.6 Å². The van der Waals surface area contributed by atoms with Gasteiger partial charge in [-0.15, -0.1) is 0 Å². The Balaban J connectivity index is 1.54. The molecular weight excluding hydrogens is 368 g/mol. The third-order valence-electron chi connectivity index (χ3n) is 5.29. The van der Waals surface area contributed by atoms with E-state index in [0.717, 1.165) is 23.6 Å². The van der Waals surface area contributed by atoms with Crippen LogP contribution in [-0.2, 0) is 4.79 Å². The van der Waals surface area contributed by atoms with E-state index in [9.17, 15) is 4.79 Å². The number of nitrogens with one attached hydrogen (secondary N) is 1. The van der Waals surface area contributed by atoms with Crippen molar-refractivity contribution in [3.05, 3.63) is 65.9 Å². The number of nitrogens with zero attached hydrogens (tertiary/aromatic N) is 1. The fourth-order valence-corrected chi connectivity index (χ4v) is 4.13. The lowest BCUT2D eigenvalue weighted by Gasteiger charge is -2.27. The van der Waals surface area contributed by atoms with Gasteiger partial charge in [0.15, 0.2) is 5.11 Å². The summed E-state index contributed by atoms with van der Waals surface area (Å²) in [5.41, 5.74) is 1.53. The highest BCUT2D eigenvalue weighted by atomic mass is 32.1. The van der Waals surface area contributed by atoms with Crippen LogP contribution in [0.5, 0.6) is 11.5 Å². The fourth-order valence-electron chi connectivity index (χ4n) is 3.86. The van der Waals surface area contributed by atoms with Crippen LogP contribution in [0.25, 0.3) is 6.08 Å². The molecule has 4 rings (SSSR count). The first-order valence-corrected chi connectivity index (χ1v) is 10.3. The predicted octanol–water partition coefficient (Wildman–Crippen LogP) is 5.12. The minimum absolute atomic E-state index is 0.129. The van der Waals surface area contributed by atoms with Crippen molar-refractivity contribution in [3.63, 3.8) is 0 Å². The fraction of sp³-hybridized carbons (Fsp3) is 0.304. The molecule has 0 atom stereocenters. The summed E-state index contributed by atoms with van der Waals surface area (Å²) in [4.78, 5) is 14.4. The van der Waals surface area contributed by atoms with Crippen LogP contribution in [0.3, 0.4) is 0 Å². The van der Waals surface area contributed by atoms with Crippen molar-refractivity contribution < 1.29 is 9.53 Å². The molecule has 28 heavy (non-hydrogen) atoms. The Labute approximate surface area is 171 Å². The van der Waals surface area contributed by atoms with Crippen LogP contribution < -0.4 is 10.1 Å². The van der Waals surface area contributed by atoms with Crippen LogP contribution in [-0.4, -0.2) is 22.5 Å². The zero-order valence-corrected chi connectivity index (χ0v) is 16.6. The number of hydrogen-bond acceptors (Lipinski definition) is 3. The molecule has 4 nitrogen and oxygen atoms in total. The third-order valence-corrected chi connectivity index (χ3v) is 5.62. The average Bonchev–Trinajstić information content (AvgIpc) is 2.97. The van der Waals surface area contributed by atoms with Crippen LogP contribution >= 0.6 is 12.2 Å². The second kappa shape index (κ2) is 8.57. The van der Waals surface area contributed by atoms with Gasteiger partial charge in [-0.2, -0.15) is 0 Å². The molecule has 1 aliphatic carbocycles. The summed E-state index contributed by atoms with van der Waals surface area (Å²) in [5.74, 6) is 1.98. The zero-order valence-electron chi connectivity index (χ0n) is 15.8. The Morgan fingerprint density at radius 2 is 1.79 bits per heavy atom. The van der Waals surface area contributed by atoms with Crippen molar-refractivity contribution in [3.8, 4) is 11.5 Å². The maximum atomic E-state index is 12.5. The topological polar surface area (TPSA) is 41.6 Å². The van der Waals surface area contributed by atoms with Gasteiger partial charge in [0, 0.05) is 6.54 Å². The number of thiocarbonyl (C=S) groups is 1. The molecule has 1 saturated carbocycles. The first-order chi connectivity index (χ1) is 13.7. The van der Waals surface area contributed by atoms with Gasteiger partial charge in [-0.05, 0) is 66.9 Å². The molecule has 1 N–H and O–H groups in total. The third kappa shape index (κ3) is 4.42. The first-order valence-electron chi connectivity index (χ1n) is 9.86. The van der Waals surface area contributed by atoms with E-state index in [0.29, 0.717) is 16.7 Å². The van der Waals surface area contributed by atoms with Gasteiger partial charge in [0.1, 0.15) is 17.2 Å². The highest BCUT2D eigenvalue weighted by Gasteiger charge is 2.32. The summed E-state index contributed by atoms with van der Waals surface area (Å²) in [7, 11) is 0. The molecule has 0 unspecified atom stereocenters. The van der Waals surface area contributed by atoms with E-state index in [2.05, 4.69) is 5.32 Å². The van der Waals surface area contributed by atoms with E-state index >= 15 is 0 Å². The molecule has 0 aromatic heterocycles. The summed E-state index contributed by atoms with van der Waals surface area (Å²) in [6, 6.07) is 17.4. The highest BCUT2D eigenvalue weighted by Crippen LogP contribution is 2.28. The van der Waals surface area contributed by atoms with E-state index in [1.54, 1.807) is 0 Å². The van der Waals surface area contributed by atoms with E-state index < -0.39 is 0 Å². The molecule has 0 radical (unpaired) electrons. The number of hydrogen-bond donors (Lipinski definition) is 1. The number of amides is 1. The Kier molecular flexibility index (Phi) is 5.72. The second-order valence-electron chi connectivity index (χ2n) is 7.39. The predicted molar refractivity (Wildman–Crippen MR) is 115 cm³/mol. The molecule has 1 amide bonds. The lowest BCUT2D eigenvalue weighted by atomic mass is 9.89. The van der Waals surface area contributed by atoms with Gasteiger partial charge in [-0.25, -0.2) is 0 Å². The summed E-state index contributed by atoms with van der Waals surface area (Å²) in [6.07, 6.45) is 8.17. The number of para-hydroxylation sites is 1. The number of carbonyl (C=O) groups excluding carboxylic acids is 1. The minimum Gasteiger partial charge on any atom is -0.457 e. The number of benzene rings is 2. The molecule has 5 heteroatoms. The molecule has 144 valence electrons. The smallest absolute Gasteiger partial charge is 0.274 e. The quantitative estimate of drug-likeness (QED) is 0.567. The van der Waals surface area contributed by atoms with Crippen molar-refractivity contribution in [1.29, 1.82) is 0 Å². The van der Waals surface area contributed by atoms with Crippen LogP contribution in [0.2, 0.25) is 0 Å². The van der Waals surface area contributed by atoms with E-state index in [-0.39, 0.29) is 5.91 Å².